The first kappa shape index (κ1) is 16.8. The maximum Gasteiger partial charge on any atom is 0.257 e. The average molecular weight is 326 g/mol. The third-order valence-corrected chi connectivity index (χ3v) is 5.43. The van der Waals surface area contributed by atoms with Crippen molar-refractivity contribution in [1.29, 1.82) is 0 Å². The van der Waals surface area contributed by atoms with Crippen molar-refractivity contribution in [3.8, 4) is 5.75 Å². The van der Waals surface area contributed by atoms with Crippen LogP contribution >= 0.6 is 0 Å². The molecule has 2 rings (SSSR count). The van der Waals surface area contributed by atoms with Crippen molar-refractivity contribution in [2.45, 2.75) is 31.1 Å². The summed E-state index contributed by atoms with van der Waals surface area (Å²) in [6.45, 7) is 3.47. The molecule has 0 unspecified atom stereocenters. The molecular weight excluding hydrogens is 304 g/mol. The highest BCUT2D eigenvalue weighted by Crippen LogP contribution is 2.22. The number of nitrogens with zero attached hydrogens (tertiary/aromatic N) is 1. The van der Waals surface area contributed by atoms with Crippen molar-refractivity contribution < 1.29 is 17.9 Å². The summed E-state index contributed by atoms with van der Waals surface area (Å²) in [5.41, 5.74) is 0. The Labute approximate surface area is 131 Å². The molecule has 1 aliphatic heterocycles. The number of sulfonamides is 1. The van der Waals surface area contributed by atoms with Gasteiger partial charge in [-0.1, -0.05) is 6.42 Å². The third-order valence-electron chi connectivity index (χ3n) is 3.52. The highest BCUT2D eigenvalue weighted by atomic mass is 32.2. The minimum absolute atomic E-state index is 0.0773. The summed E-state index contributed by atoms with van der Waals surface area (Å²) in [7, 11) is -3.42. The van der Waals surface area contributed by atoms with E-state index in [1.165, 1.54) is 16.4 Å². The van der Waals surface area contributed by atoms with E-state index in [-0.39, 0.29) is 17.4 Å². The zero-order valence-corrected chi connectivity index (χ0v) is 13.6. The minimum atomic E-state index is -3.42. The van der Waals surface area contributed by atoms with E-state index >= 15 is 0 Å². The molecule has 122 valence electrons. The average Bonchev–Trinajstić information content (AvgIpc) is 2.54. The van der Waals surface area contributed by atoms with Gasteiger partial charge in [0.05, 0.1) is 4.90 Å². The van der Waals surface area contributed by atoms with Gasteiger partial charge in [-0.05, 0) is 44.0 Å². The summed E-state index contributed by atoms with van der Waals surface area (Å²) in [5.74, 6) is 0.274. The van der Waals surface area contributed by atoms with Gasteiger partial charge in [-0.2, -0.15) is 4.31 Å². The Bertz CT molecular complexity index is 592. The summed E-state index contributed by atoms with van der Waals surface area (Å²) in [6, 6.07) is 6.21. The predicted molar refractivity (Wildman–Crippen MR) is 83.2 cm³/mol. The molecule has 0 atom stereocenters. The van der Waals surface area contributed by atoms with Crippen LogP contribution in [0.2, 0.25) is 0 Å². The molecule has 1 aromatic carbocycles. The minimum Gasteiger partial charge on any atom is -0.484 e. The molecule has 0 aliphatic carbocycles. The third kappa shape index (κ3) is 4.20. The van der Waals surface area contributed by atoms with Gasteiger partial charge in [0.15, 0.2) is 6.61 Å². The molecular formula is C15H22N2O4S. The first-order chi connectivity index (χ1) is 10.5. The summed E-state index contributed by atoms with van der Waals surface area (Å²) in [4.78, 5) is 11.6. The molecule has 7 heteroatoms. The van der Waals surface area contributed by atoms with E-state index in [2.05, 4.69) is 5.32 Å². The van der Waals surface area contributed by atoms with Crippen molar-refractivity contribution in [3.63, 3.8) is 0 Å². The van der Waals surface area contributed by atoms with Gasteiger partial charge in [-0.3, -0.25) is 4.79 Å². The van der Waals surface area contributed by atoms with Crippen molar-refractivity contribution in [3.05, 3.63) is 24.3 Å². The van der Waals surface area contributed by atoms with Gasteiger partial charge >= 0.3 is 0 Å². The Morgan fingerprint density at radius 1 is 1.18 bits per heavy atom. The lowest BCUT2D eigenvalue weighted by molar-refractivity contribution is -0.122. The monoisotopic (exact) mass is 326 g/mol. The van der Waals surface area contributed by atoms with E-state index in [1.807, 2.05) is 6.92 Å². The fraction of sp³-hybridized carbons (Fsp3) is 0.533. The Morgan fingerprint density at radius 3 is 2.41 bits per heavy atom. The van der Waals surface area contributed by atoms with Crippen molar-refractivity contribution in [1.82, 2.24) is 9.62 Å². The highest BCUT2D eigenvalue weighted by molar-refractivity contribution is 7.89. The summed E-state index contributed by atoms with van der Waals surface area (Å²) >= 11 is 0. The number of carbonyl (C=O) groups excluding carboxylic acids is 1. The summed E-state index contributed by atoms with van der Waals surface area (Å²) in [6.07, 6.45) is 2.90. The van der Waals surface area contributed by atoms with Gasteiger partial charge in [0.25, 0.3) is 5.91 Å². The Morgan fingerprint density at radius 2 is 1.82 bits per heavy atom. The highest BCUT2D eigenvalue weighted by Gasteiger charge is 2.25. The van der Waals surface area contributed by atoms with Crippen LogP contribution in [0, 0.1) is 0 Å². The molecule has 1 N–H and O–H groups in total. The largest absolute Gasteiger partial charge is 0.484 e. The van der Waals surface area contributed by atoms with E-state index in [4.69, 9.17) is 4.74 Å². The van der Waals surface area contributed by atoms with Crippen LogP contribution in [0.25, 0.3) is 0 Å². The molecule has 0 aromatic heterocycles. The molecule has 0 bridgehead atoms. The second-order valence-corrected chi connectivity index (χ2v) is 7.12. The zero-order valence-electron chi connectivity index (χ0n) is 12.7. The van der Waals surface area contributed by atoms with Gasteiger partial charge in [0.1, 0.15) is 5.75 Å². The first-order valence-electron chi connectivity index (χ1n) is 7.53. The van der Waals surface area contributed by atoms with Crippen LogP contribution in [-0.4, -0.2) is 44.9 Å². The van der Waals surface area contributed by atoms with E-state index in [0.29, 0.717) is 25.4 Å². The smallest absolute Gasteiger partial charge is 0.257 e. The van der Waals surface area contributed by atoms with Crippen LogP contribution in [0.4, 0.5) is 0 Å². The number of nitrogens with one attached hydrogen (secondary N) is 1. The number of hydrogen-bond acceptors (Lipinski definition) is 4. The van der Waals surface area contributed by atoms with Gasteiger partial charge in [0.2, 0.25) is 10.0 Å². The molecule has 6 nitrogen and oxygen atoms in total. The van der Waals surface area contributed by atoms with Gasteiger partial charge < -0.3 is 10.1 Å². The quantitative estimate of drug-likeness (QED) is 0.857. The number of piperidine rings is 1. The van der Waals surface area contributed by atoms with Crippen LogP contribution in [-0.2, 0) is 14.8 Å². The lowest BCUT2D eigenvalue weighted by Gasteiger charge is -2.25. The second kappa shape index (κ2) is 7.60. The SMILES string of the molecule is CCNC(=O)COc1ccc(S(=O)(=O)N2CCCCC2)cc1. The molecule has 1 aliphatic rings. The van der Waals surface area contributed by atoms with Crippen molar-refractivity contribution >= 4 is 15.9 Å². The van der Waals surface area contributed by atoms with E-state index < -0.39 is 10.0 Å². The van der Waals surface area contributed by atoms with Gasteiger partial charge in [-0.25, -0.2) is 8.42 Å². The first-order valence-corrected chi connectivity index (χ1v) is 8.98. The maximum atomic E-state index is 12.5. The molecule has 22 heavy (non-hydrogen) atoms. The Kier molecular flexibility index (Phi) is 5.79. The number of carbonyl (C=O) groups is 1. The van der Waals surface area contributed by atoms with E-state index in [9.17, 15) is 13.2 Å². The fourth-order valence-electron chi connectivity index (χ4n) is 2.36. The van der Waals surface area contributed by atoms with Crippen LogP contribution in [0.1, 0.15) is 26.2 Å². The molecule has 1 aromatic rings. The van der Waals surface area contributed by atoms with Crippen molar-refractivity contribution in [2.24, 2.45) is 0 Å². The number of ether oxygens (including phenoxy) is 1. The number of amides is 1. The molecule has 1 fully saturated rings. The Balaban J connectivity index is 2.00. The topological polar surface area (TPSA) is 75.7 Å². The van der Waals surface area contributed by atoms with Crippen LogP contribution in [0.15, 0.2) is 29.2 Å². The zero-order chi connectivity index (χ0) is 16.0. The maximum absolute atomic E-state index is 12.5. The number of rotatable bonds is 6. The van der Waals surface area contributed by atoms with Crippen LogP contribution in [0.5, 0.6) is 5.75 Å². The Hall–Kier alpha value is -1.60. The molecule has 0 spiro atoms. The molecule has 1 saturated heterocycles. The fourth-order valence-corrected chi connectivity index (χ4v) is 3.88. The summed E-state index contributed by atoms with van der Waals surface area (Å²) in [5, 5.41) is 2.63. The van der Waals surface area contributed by atoms with Gasteiger partial charge in [0, 0.05) is 19.6 Å². The lowest BCUT2D eigenvalue weighted by Crippen LogP contribution is -2.35. The standard InChI is InChI=1S/C15H22N2O4S/c1-2-16-15(18)12-21-13-6-8-14(9-7-13)22(19,20)17-10-4-3-5-11-17/h6-9H,2-5,10-12H2,1H3,(H,16,18). The van der Waals surface area contributed by atoms with Crippen LogP contribution < -0.4 is 10.1 Å². The number of hydrogen-bond donors (Lipinski definition) is 1. The number of benzene rings is 1. The molecule has 1 amide bonds. The normalized spacial score (nSPS) is 16.2. The van der Waals surface area contributed by atoms with Gasteiger partial charge in [-0.15, -0.1) is 0 Å². The lowest BCUT2D eigenvalue weighted by atomic mass is 10.2. The van der Waals surface area contributed by atoms with Crippen molar-refractivity contribution in [2.75, 3.05) is 26.2 Å². The van der Waals surface area contributed by atoms with E-state index in [0.717, 1.165) is 19.3 Å². The molecule has 0 saturated carbocycles. The summed E-state index contributed by atoms with van der Waals surface area (Å²) < 4.78 is 31.8. The predicted octanol–water partition coefficient (Wildman–Crippen LogP) is 1.38. The number of likely N-dealkylation sites (N-methyl/N-ethyl adjacent to an activating group) is 1. The molecule has 0 radical (unpaired) electrons. The van der Waals surface area contributed by atoms with Crippen LogP contribution in [0.3, 0.4) is 0 Å². The molecule has 1 heterocycles. The van der Waals surface area contributed by atoms with E-state index in [1.54, 1.807) is 12.1 Å². The second-order valence-electron chi connectivity index (χ2n) is 5.18.